The molecule has 90 valence electrons. The molecule has 0 fully saturated rings. The van der Waals surface area contributed by atoms with Crippen LogP contribution in [0.15, 0.2) is 18.2 Å². The summed E-state index contributed by atoms with van der Waals surface area (Å²) in [6, 6.07) is 5.58. The minimum absolute atomic E-state index is 0.000535. The molecule has 0 radical (unpaired) electrons. The van der Waals surface area contributed by atoms with Gasteiger partial charge in [0.05, 0.1) is 13.0 Å². The summed E-state index contributed by atoms with van der Waals surface area (Å²) in [5.74, 6) is 4.54. The molecule has 6 nitrogen and oxygen atoms in total. The summed E-state index contributed by atoms with van der Waals surface area (Å²) in [6.45, 7) is 0.236. The molecule has 1 aliphatic rings. The third kappa shape index (κ3) is 2.80. The van der Waals surface area contributed by atoms with E-state index in [9.17, 15) is 9.59 Å². The summed E-state index contributed by atoms with van der Waals surface area (Å²) < 4.78 is 5.16. The fraction of sp³-hybridized carbons (Fsp3) is 0.273. The fourth-order valence-corrected chi connectivity index (χ4v) is 1.68. The lowest BCUT2D eigenvalue weighted by atomic mass is 10.1. The standard InChI is InChI=1S/C11H13N3O3/c12-14-11(16)6-17-5-7-1-2-9-8(3-7)4-10(15)13-9/h1-3H,4-6,12H2,(H,13,15)(H,14,16). The molecule has 17 heavy (non-hydrogen) atoms. The van der Waals surface area contributed by atoms with Crippen molar-refractivity contribution in [3.8, 4) is 0 Å². The van der Waals surface area contributed by atoms with Gasteiger partial charge in [-0.2, -0.15) is 0 Å². The molecule has 4 N–H and O–H groups in total. The van der Waals surface area contributed by atoms with E-state index in [1.54, 1.807) is 0 Å². The van der Waals surface area contributed by atoms with Crippen molar-refractivity contribution in [3.05, 3.63) is 29.3 Å². The molecule has 1 heterocycles. The third-order valence-electron chi connectivity index (χ3n) is 2.46. The number of amides is 2. The molecule has 0 aliphatic carbocycles. The summed E-state index contributed by atoms with van der Waals surface area (Å²) >= 11 is 0. The Morgan fingerprint density at radius 1 is 1.53 bits per heavy atom. The second kappa shape index (κ2) is 4.94. The lowest BCUT2D eigenvalue weighted by Crippen LogP contribution is -2.33. The van der Waals surface area contributed by atoms with Crippen LogP contribution in [0.4, 0.5) is 5.69 Å². The van der Waals surface area contributed by atoms with Gasteiger partial charge in [0.2, 0.25) is 5.91 Å². The lowest BCUT2D eigenvalue weighted by Gasteiger charge is -2.05. The van der Waals surface area contributed by atoms with E-state index in [-0.39, 0.29) is 18.4 Å². The summed E-state index contributed by atoms with van der Waals surface area (Å²) in [5.41, 5.74) is 4.71. The monoisotopic (exact) mass is 235 g/mol. The first-order chi connectivity index (χ1) is 8.19. The van der Waals surface area contributed by atoms with Gasteiger partial charge in [0.15, 0.2) is 0 Å². The largest absolute Gasteiger partial charge is 0.367 e. The summed E-state index contributed by atoms with van der Waals surface area (Å²) in [6.07, 6.45) is 0.395. The zero-order valence-corrected chi connectivity index (χ0v) is 9.16. The van der Waals surface area contributed by atoms with E-state index in [0.717, 1.165) is 16.8 Å². The number of carbonyl (C=O) groups is 2. The maximum Gasteiger partial charge on any atom is 0.259 e. The van der Waals surface area contributed by atoms with Gasteiger partial charge < -0.3 is 10.1 Å². The molecule has 0 saturated carbocycles. The Morgan fingerprint density at radius 2 is 2.35 bits per heavy atom. The predicted octanol–water partition coefficient (Wildman–Crippen LogP) is -0.312. The van der Waals surface area contributed by atoms with E-state index in [2.05, 4.69) is 5.32 Å². The normalized spacial score (nSPS) is 13.1. The van der Waals surface area contributed by atoms with Crippen LogP contribution in [0.1, 0.15) is 11.1 Å². The molecule has 1 aliphatic heterocycles. The third-order valence-corrected chi connectivity index (χ3v) is 2.46. The Morgan fingerprint density at radius 3 is 3.12 bits per heavy atom. The van der Waals surface area contributed by atoms with E-state index >= 15 is 0 Å². The van der Waals surface area contributed by atoms with Gasteiger partial charge in [-0.05, 0) is 17.2 Å². The maximum atomic E-state index is 11.1. The van der Waals surface area contributed by atoms with Crippen LogP contribution in [-0.4, -0.2) is 18.4 Å². The van der Waals surface area contributed by atoms with Gasteiger partial charge >= 0.3 is 0 Å². The van der Waals surface area contributed by atoms with Crippen molar-refractivity contribution >= 4 is 17.5 Å². The summed E-state index contributed by atoms with van der Waals surface area (Å²) in [7, 11) is 0. The first-order valence-electron chi connectivity index (χ1n) is 5.18. The number of carbonyl (C=O) groups excluding carboxylic acids is 2. The lowest BCUT2D eigenvalue weighted by molar-refractivity contribution is -0.126. The number of nitrogens with two attached hydrogens (primary N) is 1. The van der Waals surface area contributed by atoms with Gasteiger partial charge in [-0.3, -0.25) is 15.0 Å². The molecule has 0 atom stereocenters. The number of ether oxygens (including phenoxy) is 1. The van der Waals surface area contributed by atoms with E-state index in [1.165, 1.54) is 0 Å². The Kier molecular flexibility index (Phi) is 3.36. The molecule has 0 aromatic heterocycles. The number of hydrogen-bond donors (Lipinski definition) is 3. The van der Waals surface area contributed by atoms with E-state index in [4.69, 9.17) is 10.6 Å². The SMILES string of the molecule is NNC(=O)COCc1ccc2c(c1)CC(=O)N2. The van der Waals surface area contributed by atoms with Crippen molar-refractivity contribution in [1.29, 1.82) is 0 Å². The van der Waals surface area contributed by atoms with Crippen LogP contribution in [0.3, 0.4) is 0 Å². The molecule has 0 unspecified atom stereocenters. The van der Waals surface area contributed by atoms with Crippen molar-refractivity contribution in [1.82, 2.24) is 5.43 Å². The van der Waals surface area contributed by atoms with Crippen molar-refractivity contribution < 1.29 is 14.3 Å². The highest BCUT2D eigenvalue weighted by atomic mass is 16.5. The van der Waals surface area contributed by atoms with Gasteiger partial charge in [-0.25, -0.2) is 5.84 Å². The summed E-state index contributed by atoms with van der Waals surface area (Å²) in [4.78, 5) is 22.0. The van der Waals surface area contributed by atoms with Crippen LogP contribution in [0, 0.1) is 0 Å². The minimum atomic E-state index is -0.372. The second-order valence-corrected chi connectivity index (χ2v) is 3.78. The zero-order chi connectivity index (χ0) is 12.3. The van der Waals surface area contributed by atoms with Crippen LogP contribution in [0.25, 0.3) is 0 Å². The van der Waals surface area contributed by atoms with E-state index in [0.29, 0.717) is 13.0 Å². The number of anilines is 1. The Hall–Kier alpha value is -1.92. The van der Waals surface area contributed by atoms with Gasteiger partial charge in [-0.15, -0.1) is 0 Å². The number of fused-ring (bicyclic) bond motifs is 1. The van der Waals surface area contributed by atoms with Crippen molar-refractivity contribution in [2.45, 2.75) is 13.0 Å². The molecular weight excluding hydrogens is 222 g/mol. The van der Waals surface area contributed by atoms with Crippen LogP contribution in [0.2, 0.25) is 0 Å². The van der Waals surface area contributed by atoms with Gasteiger partial charge in [0.1, 0.15) is 6.61 Å². The first kappa shape index (κ1) is 11.6. The Labute approximate surface area is 98.1 Å². The quantitative estimate of drug-likeness (QED) is 0.379. The van der Waals surface area contributed by atoms with Gasteiger partial charge in [0.25, 0.3) is 5.91 Å². The van der Waals surface area contributed by atoms with Crippen molar-refractivity contribution in [2.24, 2.45) is 5.84 Å². The van der Waals surface area contributed by atoms with Crippen molar-refractivity contribution in [3.63, 3.8) is 0 Å². The van der Waals surface area contributed by atoms with Crippen LogP contribution in [-0.2, 0) is 27.4 Å². The molecule has 6 heteroatoms. The highest BCUT2D eigenvalue weighted by molar-refractivity contribution is 5.99. The van der Waals surface area contributed by atoms with Crippen LogP contribution < -0.4 is 16.6 Å². The number of hydrogen-bond acceptors (Lipinski definition) is 4. The van der Waals surface area contributed by atoms with Crippen LogP contribution >= 0.6 is 0 Å². The highest BCUT2D eigenvalue weighted by Crippen LogP contribution is 2.23. The zero-order valence-electron chi connectivity index (χ0n) is 9.16. The van der Waals surface area contributed by atoms with E-state index in [1.807, 2.05) is 23.6 Å². The molecule has 2 amide bonds. The molecule has 0 saturated heterocycles. The first-order valence-corrected chi connectivity index (χ1v) is 5.18. The number of benzene rings is 1. The smallest absolute Gasteiger partial charge is 0.259 e. The molecule has 1 aromatic carbocycles. The Bertz CT molecular complexity index is 459. The summed E-state index contributed by atoms with van der Waals surface area (Å²) in [5, 5.41) is 2.75. The molecule has 1 aromatic rings. The predicted molar refractivity (Wildman–Crippen MR) is 60.8 cm³/mol. The number of rotatable bonds is 4. The molecule has 0 spiro atoms. The van der Waals surface area contributed by atoms with Crippen molar-refractivity contribution in [2.75, 3.05) is 11.9 Å². The second-order valence-electron chi connectivity index (χ2n) is 3.78. The van der Waals surface area contributed by atoms with E-state index < -0.39 is 0 Å². The van der Waals surface area contributed by atoms with Gasteiger partial charge in [-0.1, -0.05) is 12.1 Å². The molecule has 0 bridgehead atoms. The van der Waals surface area contributed by atoms with Gasteiger partial charge in [0, 0.05) is 5.69 Å². The molecular formula is C11H13N3O3. The number of hydrazine groups is 1. The Balaban J connectivity index is 1.93. The average Bonchev–Trinajstić information content (AvgIpc) is 2.68. The average molecular weight is 235 g/mol. The minimum Gasteiger partial charge on any atom is -0.367 e. The van der Waals surface area contributed by atoms with Crippen LogP contribution in [0.5, 0.6) is 0 Å². The maximum absolute atomic E-state index is 11.1. The molecule has 2 rings (SSSR count). The number of nitrogens with one attached hydrogen (secondary N) is 2. The topological polar surface area (TPSA) is 93.4 Å². The highest BCUT2D eigenvalue weighted by Gasteiger charge is 2.17. The fourth-order valence-electron chi connectivity index (χ4n) is 1.68.